The second-order valence-corrected chi connectivity index (χ2v) is 8.60. The number of carbonyl (C=O) groups is 1. The average molecular weight is 498 g/mol. The topological polar surface area (TPSA) is 93.3 Å². The van der Waals surface area contributed by atoms with E-state index in [1.54, 1.807) is 67.8 Å². The number of ether oxygens (including phenoxy) is 2. The van der Waals surface area contributed by atoms with Crippen LogP contribution in [0.2, 0.25) is 0 Å². The highest BCUT2D eigenvalue weighted by Crippen LogP contribution is 2.16. The van der Waals surface area contributed by atoms with Crippen molar-refractivity contribution in [2.45, 2.75) is 6.92 Å². The Morgan fingerprint density at radius 1 is 1.06 bits per heavy atom. The van der Waals surface area contributed by atoms with Gasteiger partial charge in [0.1, 0.15) is 22.2 Å². The molecule has 7 nitrogen and oxygen atoms in total. The zero-order valence-electron chi connectivity index (χ0n) is 19.7. The summed E-state index contributed by atoms with van der Waals surface area (Å²) in [5.41, 5.74) is 1.33. The van der Waals surface area contributed by atoms with Gasteiger partial charge in [-0.2, -0.15) is 5.26 Å². The summed E-state index contributed by atoms with van der Waals surface area (Å²) in [6, 6.07) is 25.1. The molecular formula is C28H23N3O4S. The van der Waals surface area contributed by atoms with Crippen LogP contribution >= 0.6 is 11.3 Å². The highest BCUT2D eigenvalue weighted by atomic mass is 32.1. The van der Waals surface area contributed by atoms with Crippen LogP contribution in [0.3, 0.4) is 0 Å². The minimum absolute atomic E-state index is 0.167. The number of nitrogens with zero attached hydrogens (tertiary/aromatic N) is 2. The summed E-state index contributed by atoms with van der Waals surface area (Å²) in [5, 5.41) is 12.7. The Bertz CT molecular complexity index is 1600. The monoisotopic (exact) mass is 497 g/mol. The first-order valence-electron chi connectivity index (χ1n) is 11.2. The summed E-state index contributed by atoms with van der Waals surface area (Å²) >= 11 is 1.08. The Morgan fingerprint density at radius 3 is 2.47 bits per heavy atom. The van der Waals surface area contributed by atoms with Crippen molar-refractivity contribution in [3.8, 4) is 23.3 Å². The van der Waals surface area contributed by atoms with E-state index in [0.29, 0.717) is 34.0 Å². The van der Waals surface area contributed by atoms with E-state index >= 15 is 0 Å². The number of anilines is 1. The molecule has 0 spiro atoms. The molecule has 4 rings (SSSR count). The molecule has 1 amide bonds. The Balaban J connectivity index is 1.86. The molecule has 0 atom stereocenters. The third-order valence-electron chi connectivity index (χ3n) is 5.21. The molecule has 0 aliphatic carbocycles. The van der Waals surface area contributed by atoms with E-state index in [-0.39, 0.29) is 15.8 Å². The third-order valence-corrected chi connectivity index (χ3v) is 6.30. The van der Waals surface area contributed by atoms with Gasteiger partial charge in [-0.3, -0.25) is 14.2 Å². The molecule has 0 saturated heterocycles. The van der Waals surface area contributed by atoms with Gasteiger partial charge in [-0.1, -0.05) is 30.3 Å². The van der Waals surface area contributed by atoms with Gasteiger partial charge in [0.15, 0.2) is 5.57 Å². The van der Waals surface area contributed by atoms with Crippen LogP contribution in [0, 0.1) is 11.3 Å². The fourth-order valence-corrected chi connectivity index (χ4v) is 4.64. The molecule has 1 aromatic heterocycles. The van der Waals surface area contributed by atoms with Gasteiger partial charge >= 0.3 is 0 Å². The molecule has 4 aromatic rings. The lowest BCUT2D eigenvalue weighted by atomic mass is 10.2. The van der Waals surface area contributed by atoms with Crippen molar-refractivity contribution < 1.29 is 14.3 Å². The maximum Gasteiger partial charge on any atom is 0.273 e. The van der Waals surface area contributed by atoms with Crippen LogP contribution in [0.4, 0.5) is 5.69 Å². The Labute approximate surface area is 211 Å². The quantitative estimate of drug-likeness (QED) is 0.422. The molecule has 3 aromatic carbocycles. The lowest BCUT2D eigenvalue weighted by Gasteiger charge is -2.07. The number of hydrogen-bond donors (Lipinski definition) is 1. The smallest absolute Gasteiger partial charge is 0.273 e. The van der Waals surface area contributed by atoms with E-state index in [2.05, 4.69) is 5.32 Å². The molecule has 0 radical (unpaired) electrons. The molecule has 0 aliphatic rings. The maximum atomic E-state index is 13.5. The molecule has 36 heavy (non-hydrogen) atoms. The number of rotatable bonds is 7. The lowest BCUT2D eigenvalue weighted by Crippen LogP contribution is -2.32. The first-order chi connectivity index (χ1) is 17.5. The Hall–Kier alpha value is -4.61. The number of methoxy groups -OCH3 is 1. The fraction of sp³-hybridized carbons (Fsp3) is 0.107. The van der Waals surface area contributed by atoms with E-state index in [0.717, 1.165) is 16.9 Å². The predicted molar refractivity (Wildman–Crippen MR) is 141 cm³/mol. The highest BCUT2D eigenvalue weighted by molar-refractivity contribution is 7.07. The standard InChI is InChI=1S/C28H23N3O4S/c1-3-35-22-14-12-20(13-15-22)30-26(32)24(18-29)28-31(21-9-5-4-6-10-21)27(33)25(36-28)17-19-8-7-11-23(16-19)34-2/h4-17H,3H2,1-2H3,(H,30,32). The van der Waals surface area contributed by atoms with Crippen molar-refractivity contribution in [3.05, 3.63) is 104 Å². The first-order valence-corrected chi connectivity index (χ1v) is 12.0. The van der Waals surface area contributed by atoms with Gasteiger partial charge in [0, 0.05) is 5.69 Å². The number of amides is 1. The predicted octanol–water partition coefficient (Wildman–Crippen LogP) is 3.45. The normalized spacial score (nSPS) is 12.0. The van der Waals surface area contributed by atoms with Gasteiger partial charge in [-0.05, 0) is 67.1 Å². The molecule has 1 N–H and O–H groups in total. The number of hydrogen-bond acceptors (Lipinski definition) is 6. The number of para-hydroxylation sites is 1. The summed E-state index contributed by atoms with van der Waals surface area (Å²) < 4.78 is 12.7. The van der Waals surface area contributed by atoms with E-state index in [1.165, 1.54) is 4.57 Å². The van der Waals surface area contributed by atoms with Crippen LogP contribution in [0.5, 0.6) is 11.5 Å². The fourth-order valence-electron chi connectivity index (χ4n) is 3.53. The highest BCUT2D eigenvalue weighted by Gasteiger charge is 2.17. The minimum Gasteiger partial charge on any atom is -0.497 e. The number of benzene rings is 3. The van der Waals surface area contributed by atoms with Crippen molar-refractivity contribution in [1.82, 2.24) is 4.57 Å². The van der Waals surface area contributed by atoms with E-state index in [4.69, 9.17) is 9.47 Å². The summed E-state index contributed by atoms with van der Waals surface area (Å²) in [6.07, 6.45) is 1.72. The summed E-state index contributed by atoms with van der Waals surface area (Å²) in [4.78, 5) is 26.7. The molecule has 0 unspecified atom stereocenters. The largest absolute Gasteiger partial charge is 0.497 e. The molecule has 0 fully saturated rings. The van der Waals surface area contributed by atoms with Gasteiger partial charge in [0.2, 0.25) is 0 Å². The Kier molecular flexibility index (Phi) is 7.63. The SMILES string of the molecule is CCOc1ccc(NC(=O)C(C#N)=c2sc(=Cc3cccc(OC)c3)c(=O)n2-c2ccccc2)cc1. The zero-order valence-corrected chi connectivity index (χ0v) is 20.5. The van der Waals surface area contributed by atoms with Crippen molar-refractivity contribution in [1.29, 1.82) is 5.26 Å². The summed E-state index contributed by atoms with van der Waals surface area (Å²) in [7, 11) is 1.57. The zero-order chi connectivity index (χ0) is 25.5. The second-order valence-electron chi connectivity index (χ2n) is 7.57. The number of aromatic nitrogens is 1. The van der Waals surface area contributed by atoms with Crippen LogP contribution in [-0.2, 0) is 4.79 Å². The second kappa shape index (κ2) is 11.2. The van der Waals surface area contributed by atoms with Crippen molar-refractivity contribution in [2.75, 3.05) is 19.0 Å². The molecule has 180 valence electrons. The van der Waals surface area contributed by atoms with E-state index < -0.39 is 5.91 Å². The number of nitriles is 1. The van der Waals surface area contributed by atoms with Crippen molar-refractivity contribution in [2.24, 2.45) is 0 Å². The molecule has 0 aliphatic heterocycles. The number of nitrogens with one attached hydrogen (secondary N) is 1. The molecule has 8 heteroatoms. The van der Waals surface area contributed by atoms with Gasteiger partial charge in [0.05, 0.1) is 23.9 Å². The van der Waals surface area contributed by atoms with Gasteiger partial charge in [0.25, 0.3) is 11.5 Å². The molecular weight excluding hydrogens is 474 g/mol. The van der Waals surface area contributed by atoms with Gasteiger partial charge in [-0.15, -0.1) is 11.3 Å². The van der Waals surface area contributed by atoms with Crippen LogP contribution in [0.25, 0.3) is 17.3 Å². The number of carbonyl (C=O) groups excluding carboxylic acids is 1. The average Bonchev–Trinajstić information content (AvgIpc) is 3.21. The molecule has 1 heterocycles. The van der Waals surface area contributed by atoms with Gasteiger partial charge in [-0.25, -0.2) is 0 Å². The van der Waals surface area contributed by atoms with Crippen LogP contribution in [0.1, 0.15) is 12.5 Å². The van der Waals surface area contributed by atoms with Crippen LogP contribution in [-0.4, -0.2) is 24.2 Å². The maximum absolute atomic E-state index is 13.5. The van der Waals surface area contributed by atoms with Crippen LogP contribution in [0.15, 0.2) is 83.7 Å². The Morgan fingerprint density at radius 2 is 1.81 bits per heavy atom. The van der Waals surface area contributed by atoms with Gasteiger partial charge < -0.3 is 14.8 Å². The molecule has 0 saturated carbocycles. The van der Waals surface area contributed by atoms with E-state index in [9.17, 15) is 14.9 Å². The minimum atomic E-state index is -0.611. The molecule has 0 bridgehead atoms. The van der Waals surface area contributed by atoms with E-state index in [1.807, 2.05) is 37.3 Å². The number of thiazole rings is 1. The first kappa shape index (κ1) is 24.5. The third kappa shape index (κ3) is 5.37. The van der Waals surface area contributed by atoms with Crippen LogP contribution < -0.4 is 29.5 Å². The van der Waals surface area contributed by atoms with Crippen molar-refractivity contribution >= 4 is 34.6 Å². The summed E-state index contributed by atoms with van der Waals surface area (Å²) in [6.45, 7) is 2.42. The lowest BCUT2D eigenvalue weighted by molar-refractivity contribution is -0.111. The summed E-state index contributed by atoms with van der Waals surface area (Å²) in [5.74, 6) is 0.720. The van der Waals surface area contributed by atoms with Crippen molar-refractivity contribution in [3.63, 3.8) is 0 Å².